The van der Waals surface area contributed by atoms with Crippen LogP contribution in [0.25, 0.3) is 0 Å². The van der Waals surface area contributed by atoms with Gasteiger partial charge in [0.15, 0.2) is 6.10 Å². The standard InChI is InChI=1S/C17H21BrN2O4/c1-11(16(22)20-14-7-2-3-8-14)24-15(21)10-19-17(23)12-5-4-6-13(18)9-12/h4-6,9,11,14H,2-3,7-8,10H2,1H3,(H,19,23)(H,20,22). The maximum atomic E-state index is 12.0. The lowest BCUT2D eigenvalue weighted by molar-refractivity contribution is -0.154. The first-order chi connectivity index (χ1) is 11.5. The maximum Gasteiger partial charge on any atom is 0.326 e. The fraction of sp³-hybridized carbons (Fsp3) is 0.471. The molecule has 1 unspecified atom stereocenters. The quantitative estimate of drug-likeness (QED) is 0.721. The Kier molecular flexibility index (Phi) is 6.78. The normalized spacial score (nSPS) is 15.6. The number of carbonyl (C=O) groups is 3. The summed E-state index contributed by atoms with van der Waals surface area (Å²) in [5, 5.41) is 5.35. The van der Waals surface area contributed by atoms with Gasteiger partial charge in [-0.3, -0.25) is 14.4 Å². The Bertz CT molecular complexity index is 614. The maximum absolute atomic E-state index is 12.0. The molecule has 2 amide bonds. The second-order valence-corrected chi connectivity index (χ2v) is 6.73. The molecule has 1 fully saturated rings. The van der Waals surface area contributed by atoms with E-state index in [1.165, 1.54) is 6.92 Å². The van der Waals surface area contributed by atoms with Crippen LogP contribution in [0, 0.1) is 0 Å². The van der Waals surface area contributed by atoms with E-state index in [0.29, 0.717) is 5.56 Å². The van der Waals surface area contributed by atoms with Crippen molar-refractivity contribution in [1.29, 1.82) is 0 Å². The second kappa shape index (κ2) is 8.82. The lowest BCUT2D eigenvalue weighted by Gasteiger charge is -2.17. The van der Waals surface area contributed by atoms with Crippen molar-refractivity contribution < 1.29 is 19.1 Å². The highest BCUT2D eigenvalue weighted by Gasteiger charge is 2.23. The second-order valence-electron chi connectivity index (χ2n) is 5.82. The van der Waals surface area contributed by atoms with Crippen LogP contribution in [0.5, 0.6) is 0 Å². The molecule has 1 aliphatic rings. The van der Waals surface area contributed by atoms with Crippen LogP contribution in [-0.2, 0) is 14.3 Å². The van der Waals surface area contributed by atoms with E-state index in [4.69, 9.17) is 4.74 Å². The van der Waals surface area contributed by atoms with Crippen molar-refractivity contribution in [1.82, 2.24) is 10.6 Å². The van der Waals surface area contributed by atoms with Gasteiger partial charge < -0.3 is 15.4 Å². The number of hydrogen-bond acceptors (Lipinski definition) is 4. The van der Waals surface area contributed by atoms with Gasteiger partial charge in [0.05, 0.1) is 0 Å². The highest BCUT2D eigenvalue weighted by Crippen LogP contribution is 2.17. The third-order valence-corrected chi connectivity index (χ3v) is 4.35. The minimum absolute atomic E-state index is 0.176. The molecule has 0 heterocycles. The smallest absolute Gasteiger partial charge is 0.326 e. The first-order valence-corrected chi connectivity index (χ1v) is 8.78. The van der Waals surface area contributed by atoms with Crippen LogP contribution in [0.15, 0.2) is 28.7 Å². The van der Waals surface area contributed by atoms with Crippen LogP contribution in [0.1, 0.15) is 43.0 Å². The molecule has 6 nitrogen and oxygen atoms in total. The summed E-state index contributed by atoms with van der Waals surface area (Å²) in [4.78, 5) is 35.7. The van der Waals surface area contributed by atoms with Crippen LogP contribution < -0.4 is 10.6 Å². The molecule has 2 rings (SSSR count). The number of halogens is 1. The molecule has 0 saturated heterocycles. The first kappa shape index (κ1) is 18.4. The Hall–Kier alpha value is -1.89. The first-order valence-electron chi connectivity index (χ1n) is 7.99. The number of hydrogen-bond donors (Lipinski definition) is 2. The molecule has 1 aromatic carbocycles. The van der Waals surface area contributed by atoms with Crippen LogP contribution in [0.4, 0.5) is 0 Å². The molecule has 0 radical (unpaired) electrons. The van der Waals surface area contributed by atoms with Crippen molar-refractivity contribution in [2.24, 2.45) is 0 Å². The lowest BCUT2D eigenvalue weighted by atomic mass is 10.2. The molecule has 1 saturated carbocycles. The molecule has 1 aliphatic carbocycles. The average molecular weight is 397 g/mol. The Balaban J connectivity index is 1.73. The van der Waals surface area contributed by atoms with E-state index >= 15 is 0 Å². The highest BCUT2D eigenvalue weighted by molar-refractivity contribution is 9.10. The Labute approximate surface area is 149 Å². The number of carbonyl (C=O) groups excluding carboxylic acids is 3. The van der Waals surface area contributed by atoms with E-state index in [2.05, 4.69) is 26.6 Å². The fourth-order valence-corrected chi connectivity index (χ4v) is 2.96. The predicted octanol–water partition coefficient (Wildman–Crippen LogP) is 2.17. The number of benzene rings is 1. The minimum atomic E-state index is -0.874. The van der Waals surface area contributed by atoms with E-state index < -0.39 is 12.1 Å². The van der Waals surface area contributed by atoms with Gasteiger partial charge in [0.1, 0.15) is 6.54 Å². The van der Waals surface area contributed by atoms with Gasteiger partial charge >= 0.3 is 5.97 Å². The third-order valence-electron chi connectivity index (χ3n) is 3.86. The van der Waals surface area contributed by atoms with Gasteiger partial charge in [-0.15, -0.1) is 0 Å². The van der Waals surface area contributed by atoms with Crippen molar-refractivity contribution in [2.75, 3.05) is 6.54 Å². The highest BCUT2D eigenvalue weighted by atomic mass is 79.9. The summed E-state index contributed by atoms with van der Waals surface area (Å²) in [6, 6.07) is 7.00. The van der Waals surface area contributed by atoms with Gasteiger partial charge in [0.25, 0.3) is 11.8 Å². The van der Waals surface area contributed by atoms with E-state index in [0.717, 1.165) is 30.2 Å². The van der Waals surface area contributed by atoms with E-state index in [1.807, 2.05) is 0 Å². The Morgan fingerprint density at radius 1 is 1.29 bits per heavy atom. The summed E-state index contributed by atoms with van der Waals surface area (Å²) < 4.78 is 5.83. The van der Waals surface area contributed by atoms with Gasteiger partial charge in [-0.25, -0.2) is 0 Å². The van der Waals surface area contributed by atoms with E-state index in [1.54, 1.807) is 24.3 Å². The predicted molar refractivity (Wildman–Crippen MR) is 92.4 cm³/mol. The molecular formula is C17H21BrN2O4. The SMILES string of the molecule is CC(OC(=O)CNC(=O)c1cccc(Br)c1)C(=O)NC1CCCC1. The van der Waals surface area contributed by atoms with Gasteiger partial charge in [-0.2, -0.15) is 0 Å². The van der Waals surface area contributed by atoms with Gasteiger partial charge in [0.2, 0.25) is 0 Å². The Morgan fingerprint density at radius 3 is 2.67 bits per heavy atom. The van der Waals surface area contributed by atoms with Crippen LogP contribution in [0.2, 0.25) is 0 Å². The van der Waals surface area contributed by atoms with Crippen molar-refractivity contribution in [3.63, 3.8) is 0 Å². The topological polar surface area (TPSA) is 84.5 Å². The average Bonchev–Trinajstić information content (AvgIpc) is 3.05. The number of rotatable bonds is 6. The van der Waals surface area contributed by atoms with Gasteiger partial charge in [-0.05, 0) is 38.0 Å². The zero-order valence-electron chi connectivity index (χ0n) is 13.5. The summed E-state index contributed by atoms with van der Waals surface area (Å²) in [6.07, 6.45) is 3.28. The van der Waals surface area contributed by atoms with Crippen LogP contribution >= 0.6 is 15.9 Å². The molecule has 0 bridgehead atoms. The number of ether oxygens (including phenoxy) is 1. The molecule has 7 heteroatoms. The van der Waals surface area contributed by atoms with Crippen LogP contribution in [-0.4, -0.2) is 36.5 Å². The number of esters is 1. The van der Waals surface area contributed by atoms with Crippen molar-refractivity contribution in [3.05, 3.63) is 34.3 Å². The summed E-state index contributed by atoms with van der Waals surface area (Å²) >= 11 is 3.28. The minimum Gasteiger partial charge on any atom is -0.451 e. The summed E-state index contributed by atoms with van der Waals surface area (Å²) in [7, 11) is 0. The number of nitrogens with one attached hydrogen (secondary N) is 2. The fourth-order valence-electron chi connectivity index (χ4n) is 2.57. The molecule has 130 valence electrons. The zero-order chi connectivity index (χ0) is 17.5. The molecule has 2 N–H and O–H groups in total. The van der Waals surface area contributed by atoms with Crippen molar-refractivity contribution in [3.8, 4) is 0 Å². The molecular weight excluding hydrogens is 376 g/mol. The number of amides is 2. The summed E-state index contributed by atoms with van der Waals surface area (Å²) in [5.74, 6) is -1.32. The molecule has 0 spiro atoms. The molecule has 1 aromatic rings. The molecule has 0 aromatic heterocycles. The summed E-state index contributed by atoms with van der Waals surface area (Å²) in [6.45, 7) is 1.24. The molecule has 0 aliphatic heterocycles. The lowest BCUT2D eigenvalue weighted by Crippen LogP contribution is -2.42. The van der Waals surface area contributed by atoms with Crippen molar-refractivity contribution >= 4 is 33.7 Å². The van der Waals surface area contributed by atoms with Crippen molar-refractivity contribution in [2.45, 2.75) is 44.8 Å². The monoisotopic (exact) mass is 396 g/mol. The van der Waals surface area contributed by atoms with Gasteiger partial charge in [-0.1, -0.05) is 34.8 Å². The third kappa shape index (κ3) is 5.63. The molecule has 24 heavy (non-hydrogen) atoms. The largest absolute Gasteiger partial charge is 0.451 e. The zero-order valence-corrected chi connectivity index (χ0v) is 15.1. The molecule has 1 atom stereocenters. The van der Waals surface area contributed by atoms with Crippen LogP contribution in [0.3, 0.4) is 0 Å². The van der Waals surface area contributed by atoms with E-state index in [-0.39, 0.29) is 24.4 Å². The summed E-state index contributed by atoms with van der Waals surface area (Å²) in [5.41, 5.74) is 0.434. The van der Waals surface area contributed by atoms with Gasteiger partial charge in [0, 0.05) is 16.1 Å². The Morgan fingerprint density at radius 2 is 2.00 bits per heavy atom. The van der Waals surface area contributed by atoms with E-state index in [9.17, 15) is 14.4 Å².